The first kappa shape index (κ1) is 16.4. The summed E-state index contributed by atoms with van der Waals surface area (Å²) >= 11 is 0. The highest BCUT2D eigenvalue weighted by molar-refractivity contribution is 5.93. The van der Waals surface area contributed by atoms with Gasteiger partial charge in [-0.1, -0.05) is 17.3 Å². The summed E-state index contributed by atoms with van der Waals surface area (Å²) in [5.74, 6) is 2.64. The molecule has 1 aromatic carbocycles. The summed E-state index contributed by atoms with van der Waals surface area (Å²) in [6.45, 7) is 4.76. The second kappa shape index (κ2) is 6.37. The molecule has 134 valence electrons. The molecular weight excluding hydrogens is 332 g/mol. The number of furan rings is 1. The number of carbonyl (C=O) groups is 1. The van der Waals surface area contributed by atoms with Crippen LogP contribution in [0.15, 0.2) is 39.3 Å². The van der Waals surface area contributed by atoms with Crippen LogP contribution >= 0.6 is 0 Å². The van der Waals surface area contributed by atoms with Crippen LogP contribution in [0.1, 0.15) is 33.2 Å². The van der Waals surface area contributed by atoms with Crippen molar-refractivity contribution in [2.75, 3.05) is 13.7 Å². The van der Waals surface area contributed by atoms with Gasteiger partial charge in [0, 0.05) is 29.7 Å². The highest BCUT2D eigenvalue weighted by atomic mass is 16.5. The van der Waals surface area contributed by atoms with Gasteiger partial charge in [-0.25, -0.2) is 0 Å². The van der Waals surface area contributed by atoms with Crippen LogP contribution in [-0.2, 0) is 13.0 Å². The first-order chi connectivity index (χ1) is 12.6. The lowest BCUT2D eigenvalue weighted by atomic mass is 10.0. The third-order valence-electron chi connectivity index (χ3n) is 4.69. The van der Waals surface area contributed by atoms with Crippen LogP contribution in [0.2, 0.25) is 0 Å². The number of aromatic nitrogens is 1. The Kier molecular flexibility index (Phi) is 4.03. The van der Waals surface area contributed by atoms with Gasteiger partial charge >= 0.3 is 0 Å². The minimum atomic E-state index is -0.0981. The van der Waals surface area contributed by atoms with Crippen LogP contribution in [0.3, 0.4) is 0 Å². The van der Waals surface area contributed by atoms with Crippen LogP contribution in [0.5, 0.6) is 5.75 Å². The van der Waals surface area contributed by atoms with Crippen molar-refractivity contribution >= 4 is 5.91 Å². The lowest BCUT2D eigenvalue weighted by molar-refractivity contribution is 0.0694. The van der Waals surface area contributed by atoms with E-state index in [4.69, 9.17) is 13.7 Å². The van der Waals surface area contributed by atoms with Gasteiger partial charge in [-0.3, -0.25) is 4.79 Å². The van der Waals surface area contributed by atoms with Gasteiger partial charge in [-0.15, -0.1) is 0 Å². The second-order valence-corrected chi connectivity index (χ2v) is 6.51. The molecule has 0 fully saturated rings. The largest absolute Gasteiger partial charge is 0.497 e. The van der Waals surface area contributed by atoms with E-state index >= 15 is 0 Å². The van der Waals surface area contributed by atoms with Crippen molar-refractivity contribution in [3.8, 4) is 17.0 Å². The Balaban J connectivity index is 1.65. The molecule has 0 saturated heterocycles. The van der Waals surface area contributed by atoms with Crippen LogP contribution < -0.4 is 4.74 Å². The molecule has 1 amide bonds. The molecule has 6 nitrogen and oxygen atoms in total. The van der Waals surface area contributed by atoms with Gasteiger partial charge in [0.05, 0.1) is 13.7 Å². The summed E-state index contributed by atoms with van der Waals surface area (Å²) in [6.07, 6.45) is 0.636. The van der Waals surface area contributed by atoms with E-state index in [-0.39, 0.29) is 5.91 Å². The molecule has 2 aromatic heterocycles. The zero-order chi connectivity index (χ0) is 18.3. The molecule has 0 saturated carbocycles. The van der Waals surface area contributed by atoms with Crippen LogP contribution in [0, 0.1) is 13.8 Å². The van der Waals surface area contributed by atoms with E-state index in [1.165, 1.54) is 0 Å². The number of hydrogen-bond donors (Lipinski definition) is 0. The van der Waals surface area contributed by atoms with E-state index in [2.05, 4.69) is 5.16 Å². The molecule has 0 aliphatic carbocycles. The van der Waals surface area contributed by atoms with Crippen molar-refractivity contribution in [3.63, 3.8) is 0 Å². The molecule has 0 N–H and O–H groups in total. The second-order valence-electron chi connectivity index (χ2n) is 6.51. The van der Waals surface area contributed by atoms with E-state index < -0.39 is 0 Å². The Morgan fingerprint density at radius 1 is 1.27 bits per heavy atom. The third kappa shape index (κ3) is 2.77. The molecule has 3 heterocycles. The van der Waals surface area contributed by atoms with E-state index in [0.717, 1.165) is 39.7 Å². The maximum atomic E-state index is 12.9. The lowest BCUT2D eigenvalue weighted by Crippen LogP contribution is -2.35. The molecule has 6 heteroatoms. The average molecular weight is 352 g/mol. The summed E-state index contributed by atoms with van der Waals surface area (Å²) in [4.78, 5) is 14.7. The number of aryl methyl sites for hydroxylation is 2. The Morgan fingerprint density at radius 3 is 2.85 bits per heavy atom. The standard InChI is InChI=1S/C20H20N2O4/c1-12-9-13(2)25-19(12)20(23)22-8-7-17-16(11-22)18(21-26-17)14-5-4-6-15(10-14)24-3/h4-6,9-10H,7-8,11H2,1-3H3. The number of rotatable bonds is 3. The van der Waals surface area contributed by atoms with Gasteiger partial charge in [0.25, 0.3) is 5.91 Å². The lowest BCUT2D eigenvalue weighted by Gasteiger charge is -2.25. The molecule has 0 spiro atoms. The van der Waals surface area contributed by atoms with Crippen molar-refractivity contribution in [1.29, 1.82) is 0 Å². The molecule has 0 radical (unpaired) electrons. The molecule has 1 aliphatic rings. The maximum absolute atomic E-state index is 12.9. The van der Waals surface area contributed by atoms with Crippen LogP contribution in [0.25, 0.3) is 11.3 Å². The Morgan fingerprint density at radius 2 is 2.12 bits per heavy atom. The quantitative estimate of drug-likeness (QED) is 0.718. The fraction of sp³-hybridized carbons (Fsp3) is 0.300. The van der Waals surface area contributed by atoms with Crippen molar-refractivity contribution in [2.24, 2.45) is 0 Å². The van der Waals surface area contributed by atoms with Gasteiger partial charge in [0.1, 0.15) is 23.0 Å². The van der Waals surface area contributed by atoms with E-state index in [9.17, 15) is 4.79 Å². The van der Waals surface area contributed by atoms with E-state index in [1.807, 2.05) is 44.2 Å². The number of ether oxygens (including phenoxy) is 1. The number of benzene rings is 1. The predicted molar refractivity (Wildman–Crippen MR) is 95.1 cm³/mol. The van der Waals surface area contributed by atoms with Crippen molar-refractivity contribution in [2.45, 2.75) is 26.8 Å². The number of nitrogens with zero attached hydrogens (tertiary/aromatic N) is 2. The van der Waals surface area contributed by atoms with Gasteiger partial charge in [0.2, 0.25) is 0 Å². The number of amides is 1. The summed E-state index contributed by atoms with van der Waals surface area (Å²) < 4.78 is 16.4. The molecule has 0 atom stereocenters. The van der Waals surface area contributed by atoms with Crippen molar-refractivity contribution < 1.29 is 18.5 Å². The molecule has 0 bridgehead atoms. The molecule has 3 aromatic rings. The summed E-state index contributed by atoms with van der Waals surface area (Å²) in [7, 11) is 1.63. The van der Waals surface area contributed by atoms with Gasteiger partial charge < -0.3 is 18.6 Å². The zero-order valence-corrected chi connectivity index (χ0v) is 15.0. The smallest absolute Gasteiger partial charge is 0.290 e. The number of fused-ring (bicyclic) bond motifs is 1. The Bertz CT molecular complexity index is 970. The fourth-order valence-electron chi connectivity index (χ4n) is 3.38. The summed E-state index contributed by atoms with van der Waals surface area (Å²) in [6, 6.07) is 9.55. The number of carbonyl (C=O) groups excluding carboxylic acids is 1. The molecule has 0 unspecified atom stereocenters. The average Bonchev–Trinajstić information content (AvgIpc) is 3.23. The predicted octanol–water partition coefficient (Wildman–Crippen LogP) is 3.76. The Labute approximate surface area is 151 Å². The molecular formula is C20H20N2O4. The minimum absolute atomic E-state index is 0.0981. The monoisotopic (exact) mass is 352 g/mol. The topological polar surface area (TPSA) is 68.7 Å². The summed E-state index contributed by atoms with van der Waals surface area (Å²) in [5, 5.41) is 4.24. The van der Waals surface area contributed by atoms with E-state index in [1.54, 1.807) is 12.0 Å². The van der Waals surface area contributed by atoms with Gasteiger partial charge in [0.15, 0.2) is 5.76 Å². The number of methoxy groups -OCH3 is 1. The van der Waals surface area contributed by atoms with Gasteiger partial charge in [-0.05, 0) is 32.0 Å². The minimum Gasteiger partial charge on any atom is -0.497 e. The van der Waals surface area contributed by atoms with Crippen LogP contribution in [-0.4, -0.2) is 29.6 Å². The van der Waals surface area contributed by atoms with Crippen LogP contribution in [0.4, 0.5) is 0 Å². The Hall–Kier alpha value is -3.02. The zero-order valence-electron chi connectivity index (χ0n) is 15.0. The van der Waals surface area contributed by atoms with Crippen molar-refractivity contribution in [1.82, 2.24) is 10.1 Å². The first-order valence-electron chi connectivity index (χ1n) is 8.55. The summed E-state index contributed by atoms with van der Waals surface area (Å²) in [5.41, 5.74) is 3.47. The fourth-order valence-corrected chi connectivity index (χ4v) is 3.38. The molecule has 1 aliphatic heterocycles. The molecule has 26 heavy (non-hydrogen) atoms. The SMILES string of the molecule is COc1cccc(-c2noc3c2CN(C(=O)c2oc(C)cc2C)CC3)c1. The third-order valence-corrected chi connectivity index (χ3v) is 4.69. The first-order valence-corrected chi connectivity index (χ1v) is 8.55. The maximum Gasteiger partial charge on any atom is 0.290 e. The van der Waals surface area contributed by atoms with Crippen molar-refractivity contribution in [3.05, 3.63) is 58.7 Å². The van der Waals surface area contributed by atoms with Gasteiger partial charge in [-0.2, -0.15) is 0 Å². The number of hydrogen-bond acceptors (Lipinski definition) is 5. The molecule has 4 rings (SSSR count). The normalized spacial score (nSPS) is 13.6. The highest BCUT2D eigenvalue weighted by Gasteiger charge is 2.30. The van der Waals surface area contributed by atoms with E-state index in [0.29, 0.717) is 25.3 Å². The highest BCUT2D eigenvalue weighted by Crippen LogP contribution is 2.32.